The predicted molar refractivity (Wildman–Crippen MR) is 69.9 cm³/mol. The minimum absolute atomic E-state index is 0.436. The van der Waals surface area contributed by atoms with E-state index < -0.39 is 0 Å². The molecule has 0 spiro atoms. The van der Waals surface area contributed by atoms with Crippen molar-refractivity contribution in [2.24, 2.45) is 10.2 Å². The molecule has 17 heavy (non-hydrogen) atoms. The number of azo groups is 1. The van der Waals surface area contributed by atoms with Crippen molar-refractivity contribution in [3.63, 3.8) is 0 Å². The Bertz CT molecular complexity index is 520. The van der Waals surface area contributed by atoms with Gasteiger partial charge in [-0.2, -0.15) is 10.2 Å². The van der Waals surface area contributed by atoms with E-state index >= 15 is 0 Å². The Labute approximate surface area is 100.0 Å². The number of hydrogen-bond donors (Lipinski definition) is 2. The van der Waals surface area contributed by atoms with Crippen molar-refractivity contribution in [3.05, 3.63) is 54.1 Å². The number of rotatable bonds is 3. The highest BCUT2D eigenvalue weighted by molar-refractivity contribution is 5.55. The summed E-state index contributed by atoms with van der Waals surface area (Å²) in [6.45, 7) is 0.436. The Balaban J connectivity index is 2.07. The van der Waals surface area contributed by atoms with E-state index in [1.54, 1.807) is 12.1 Å². The first-order chi connectivity index (χ1) is 8.25. The number of anilines is 2. The highest BCUT2D eigenvalue weighted by Gasteiger charge is 1.98. The highest BCUT2D eigenvalue weighted by atomic mass is 15.1. The molecule has 0 amide bonds. The molecule has 2 rings (SSSR count). The normalized spacial score (nSPS) is 10.8. The van der Waals surface area contributed by atoms with E-state index in [2.05, 4.69) is 10.2 Å². The predicted octanol–water partition coefficient (Wildman–Crippen LogP) is 3.13. The summed E-state index contributed by atoms with van der Waals surface area (Å²) in [6, 6.07) is 14.9. The summed E-state index contributed by atoms with van der Waals surface area (Å²) in [7, 11) is 0. The van der Waals surface area contributed by atoms with Gasteiger partial charge in [-0.15, -0.1) is 0 Å². The fourth-order valence-electron chi connectivity index (χ4n) is 1.45. The van der Waals surface area contributed by atoms with Crippen LogP contribution in [0.2, 0.25) is 0 Å². The molecule has 0 aliphatic carbocycles. The van der Waals surface area contributed by atoms with E-state index in [0.717, 1.165) is 11.3 Å². The van der Waals surface area contributed by atoms with Crippen molar-refractivity contribution in [2.45, 2.75) is 6.54 Å². The van der Waals surface area contributed by atoms with Gasteiger partial charge in [0.2, 0.25) is 0 Å². The maximum absolute atomic E-state index is 5.81. The Morgan fingerprint density at radius 3 is 2.47 bits per heavy atom. The molecule has 0 aromatic heterocycles. The largest absolute Gasteiger partial charge is 0.399 e. The second kappa shape index (κ2) is 5.12. The zero-order chi connectivity index (χ0) is 12.1. The smallest absolute Gasteiger partial charge is 0.0874 e. The average Bonchev–Trinajstić information content (AvgIpc) is 2.35. The third-order valence-corrected chi connectivity index (χ3v) is 2.35. The van der Waals surface area contributed by atoms with Gasteiger partial charge in [0.05, 0.1) is 12.2 Å². The molecule has 4 heteroatoms. The van der Waals surface area contributed by atoms with Crippen LogP contribution in [0.4, 0.5) is 17.1 Å². The van der Waals surface area contributed by atoms with E-state index in [4.69, 9.17) is 11.5 Å². The van der Waals surface area contributed by atoms with Crippen LogP contribution in [0.25, 0.3) is 0 Å². The first-order valence-corrected chi connectivity index (χ1v) is 5.32. The summed E-state index contributed by atoms with van der Waals surface area (Å²) >= 11 is 0. The van der Waals surface area contributed by atoms with Crippen molar-refractivity contribution in [1.29, 1.82) is 0 Å². The first-order valence-electron chi connectivity index (χ1n) is 5.32. The SMILES string of the molecule is Nc1ccc(N)c(CN=Nc2ccccc2)c1. The molecule has 4 nitrogen and oxygen atoms in total. The van der Waals surface area contributed by atoms with Crippen LogP contribution in [0.1, 0.15) is 5.56 Å². The van der Waals surface area contributed by atoms with E-state index in [1.807, 2.05) is 36.4 Å². The van der Waals surface area contributed by atoms with Gasteiger partial charge in [0.25, 0.3) is 0 Å². The minimum atomic E-state index is 0.436. The van der Waals surface area contributed by atoms with Gasteiger partial charge in [-0.05, 0) is 30.3 Å². The fraction of sp³-hybridized carbons (Fsp3) is 0.0769. The van der Waals surface area contributed by atoms with Crippen LogP contribution < -0.4 is 11.5 Å². The Morgan fingerprint density at radius 2 is 1.71 bits per heavy atom. The van der Waals surface area contributed by atoms with Gasteiger partial charge in [-0.25, -0.2) is 0 Å². The molecule has 0 bridgehead atoms. The van der Waals surface area contributed by atoms with Crippen molar-refractivity contribution >= 4 is 17.1 Å². The molecule has 0 radical (unpaired) electrons. The van der Waals surface area contributed by atoms with Gasteiger partial charge >= 0.3 is 0 Å². The molecular formula is C13H14N4. The first kappa shape index (κ1) is 11.1. The van der Waals surface area contributed by atoms with Crippen LogP contribution >= 0.6 is 0 Å². The lowest BCUT2D eigenvalue weighted by molar-refractivity contribution is 0.962. The molecule has 0 saturated heterocycles. The topological polar surface area (TPSA) is 76.8 Å². The van der Waals surface area contributed by atoms with E-state index in [0.29, 0.717) is 17.9 Å². The van der Waals surface area contributed by atoms with Gasteiger partial charge in [-0.1, -0.05) is 18.2 Å². The van der Waals surface area contributed by atoms with Crippen LogP contribution in [0.5, 0.6) is 0 Å². The third-order valence-electron chi connectivity index (χ3n) is 2.35. The fourth-order valence-corrected chi connectivity index (χ4v) is 1.45. The second-order valence-corrected chi connectivity index (χ2v) is 3.69. The molecule has 0 unspecified atom stereocenters. The van der Waals surface area contributed by atoms with Gasteiger partial charge in [0.15, 0.2) is 0 Å². The maximum atomic E-state index is 5.81. The van der Waals surface area contributed by atoms with E-state index in [9.17, 15) is 0 Å². The van der Waals surface area contributed by atoms with Crippen LogP contribution in [-0.2, 0) is 6.54 Å². The molecule has 0 aliphatic heterocycles. The molecule has 0 heterocycles. The summed E-state index contributed by atoms with van der Waals surface area (Å²) in [5.74, 6) is 0. The van der Waals surface area contributed by atoms with Crippen LogP contribution in [0, 0.1) is 0 Å². The lowest BCUT2D eigenvalue weighted by atomic mass is 10.1. The number of nitrogens with two attached hydrogens (primary N) is 2. The minimum Gasteiger partial charge on any atom is -0.399 e. The van der Waals surface area contributed by atoms with Gasteiger partial charge in [-0.3, -0.25) is 0 Å². The van der Waals surface area contributed by atoms with Crippen molar-refractivity contribution in [1.82, 2.24) is 0 Å². The van der Waals surface area contributed by atoms with Crippen LogP contribution in [0.3, 0.4) is 0 Å². The lowest BCUT2D eigenvalue weighted by Crippen LogP contribution is -1.95. The molecule has 2 aromatic rings. The standard InChI is InChI=1S/C13H14N4/c14-11-6-7-13(15)10(8-11)9-16-17-12-4-2-1-3-5-12/h1-8H,9,14-15H2. The molecule has 86 valence electrons. The molecular weight excluding hydrogens is 212 g/mol. The maximum Gasteiger partial charge on any atom is 0.0874 e. The van der Waals surface area contributed by atoms with Crippen molar-refractivity contribution in [3.8, 4) is 0 Å². The molecule has 0 aliphatic rings. The molecule has 2 aromatic carbocycles. The van der Waals surface area contributed by atoms with Gasteiger partial charge in [0.1, 0.15) is 0 Å². The van der Waals surface area contributed by atoms with E-state index in [1.165, 1.54) is 0 Å². The molecule has 0 fully saturated rings. The number of nitrogen functional groups attached to an aromatic ring is 2. The van der Waals surface area contributed by atoms with Crippen molar-refractivity contribution < 1.29 is 0 Å². The number of benzene rings is 2. The second-order valence-electron chi connectivity index (χ2n) is 3.69. The van der Waals surface area contributed by atoms with Gasteiger partial charge < -0.3 is 11.5 Å². The summed E-state index contributed by atoms with van der Waals surface area (Å²) in [4.78, 5) is 0. The zero-order valence-electron chi connectivity index (χ0n) is 9.38. The number of nitrogens with zero attached hydrogens (tertiary/aromatic N) is 2. The Hall–Kier alpha value is -2.36. The van der Waals surface area contributed by atoms with Crippen molar-refractivity contribution in [2.75, 3.05) is 11.5 Å². The quantitative estimate of drug-likeness (QED) is 0.623. The highest BCUT2D eigenvalue weighted by Crippen LogP contribution is 2.18. The summed E-state index contributed by atoms with van der Waals surface area (Å²) in [5.41, 5.74) is 14.6. The average molecular weight is 226 g/mol. The van der Waals surface area contributed by atoms with Crippen LogP contribution in [0.15, 0.2) is 58.8 Å². The number of hydrogen-bond acceptors (Lipinski definition) is 4. The van der Waals surface area contributed by atoms with Gasteiger partial charge in [0, 0.05) is 16.9 Å². The zero-order valence-corrected chi connectivity index (χ0v) is 9.38. The monoisotopic (exact) mass is 226 g/mol. The Kier molecular flexibility index (Phi) is 3.35. The molecule has 4 N–H and O–H groups in total. The molecule has 0 saturated carbocycles. The summed E-state index contributed by atoms with van der Waals surface area (Å²) in [6.07, 6.45) is 0. The molecule has 0 atom stereocenters. The third kappa shape index (κ3) is 3.04. The Morgan fingerprint density at radius 1 is 0.941 bits per heavy atom. The lowest BCUT2D eigenvalue weighted by Gasteiger charge is -2.02. The summed E-state index contributed by atoms with van der Waals surface area (Å²) in [5, 5.41) is 8.20. The summed E-state index contributed by atoms with van der Waals surface area (Å²) < 4.78 is 0. The van der Waals surface area contributed by atoms with E-state index in [-0.39, 0.29) is 0 Å². The van der Waals surface area contributed by atoms with Crippen LogP contribution in [-0.4, -0.2) is 0 Å².